The van der Waals surface area contributed by atoms with E-state index in [0.29, 0.717) is 31.5 Å². The summed E-state index contributed by atoms with van der Waals surface area (Å²) in [4.78, 5) is 14.5. The number of hydrogen-bond acceptors (Lipinski definition) is 1. The van der Waals surface area contributed by atoms with Gasteiger partial charge in [-0.05, 0) is 48.7 Å². The fraction of sp³-hybridized carbons (Fsp3) is 0.292. The molecule has 1 aliphatic carbocycles. The summed E-state index contributed by atoms with van der Waals surface area (Å²) in [6.07, 6.45) is -6.90. The maximum absolute atomic E-state index is 13.2. The van der Waals surface area contributed by atoms with Crippen molar-refractivity contribution in [2.45, 2.75) is 44.3 Å². The zero-order valence-corrected chi connectivity index (χ0v) is 17.3. The molecule has 0 spiro atoms. The van der Waals surface area contributed by atoms with E-state index >= 15 is 0 Å². The van der Waals surface area contributed by atoms with Crippen LogP contribution in [0.3, 0.4) is 0 Å². The average molecular weight is 466 g/mol. The van der Waals surface area contributed by atoms with Gasteiger partial charge in [-0.25, -0.2) is 0 Å². The van der Waals surface area contributed by atoms with Crippen LogP contribution in [-0.4, -0.2) is 21.4 Å². The number of alkyl halides is 6. The zero-order valence-electron chi connectivity index (χ0n) is 17.3. The first-order valence-corrected chi connectivity index (χ1v) is 10.3. The Kier molecular flexibility index (Phi) is 5.99. The Morgan fingerprint density at radius 2 is 1.48 bits per heavy atom. The minimum absolute atomic E-state index is 0.0310. The van der Waals surface area contributed by atoms with Crippen LogP contribution in [0.1, 0.15) is 45.6 Å². The fourth-order valence-corrected chi connectivity index (χ4v) is 3.70. The van der Waals surface area contributed by atoms with E-state index < -0.39 is 35.0 Å². The van der Waals surface area contributed by atoms with Crippen LogP contribution in [0.15, 0.2) is 66.9 Å². The third kappa shape index (κ3) is 5.40. The van der Waals surface area contributed by atoms with Crippen LogP contribution in [0.2, 0.25) is 0 Å². The highest BCUT2D eigenvalue weighted by Crippen LogP contribution is 2.37. The maximum Gasteiger partial charge on any atom is 0.416 e. The van der Waals surface area contributed by atoms with Gasteiger partial charge >= 0.3 is 12.4 Å². The van der Waals surface area contributed by atoms with Crippen molar-refractivity contribution in [2.24, 2.45) is 0 Å². The van der Waals surface area contributed by atoms with E-state index in [1.165, 1.54) is 4.90 Å². The number of halogens is 6. The Labute approximate surface area is 186 Å². The van der Waals surface area contributed by atoms with Crippen molar-refractivity contribution in [1.82, 2.24) is 9.47 Å². The Bertz CT molecular complexity index is 1100. The molecule has 0 atom stereocenters. The van der Waals surface area contributed by atoms with Crippen LogP contribution in [0.4, 0.5) is 26.3 Å². The number of nitrogens with zero attached hydrogens (tertiary/aromatic N) is 2. The highest BCUT2D eigenvalue weighted by Gasteiger charge is 2.39. The average Bonchev–Trinajstić information content (AvgIpc) is 3.51. The van der Waals surface area contributed by atoms with Crippen molar-refractivity contribution < 1.29 is 31.1 Å². The highest BCUT2D eigenvalue weighted by molar-refractivity contribution is 5.95. The molecule has 1 heterocycles. The lowest BCUT2D eigenvalue weighted by molar-refractivity contribution is -0.143. The Morgan fingerprint density at radius 1 is 0.879 bits per heavy atom. The van der Waals surface area contributed by atoms with Gasteiger partial charge in [-0.3, -0.25) is 4.79 Å². The van der Waals surface area contributed by atoms with Crippen molar-refractivity contribution in [1.29, 1.82) is 0 Å². The first-order valence-electron chi connectivity index (χ1n) is 10.3. The predicted octanol–water partition coefficient (Wildman–Crippen LogP) is 6.38. The van der Waals surface area contributed by atoms with Gasteiger partial charge in [0.05, 0.1) is 17.7 Å². The lowest BCUT2D eigenvalue weighted by atomic mass is 10.0. The molecule has 1 aromatic heterocycles. The monoisotopic (exact) mass is 466 g/mol. The minimum Gasteiger partial charge on any atom is -0.345 e. The minimum atomic E-state index is -5.01. The normalized spacial score (nSPS) is 14.4. The largest absolute Gasteiger partial charge is 0.416 e. The van der Waals surface area contributed by atoms with E-state index in [4.69, 9.17) is 0 Å². The standard InChI is InChI=1S/C24H20F6N2O/c25-23(26,27)18-11-17(12-19(13-18)24(28,29)30)22(33)32(20-8-9-20)15-21-7-4-10-31(21)14-16-5-2-1-3-6-16/h1-7,10-13,20H,8-9,14-15H2. The van der Waals surface area contributed by atoms with E-state index in [1.807, 2.05) is 41.1 Å². The number of amides is 1. The Hall–Kier alpha value is -3.23. The van der Waals surface area contributed by atoms with Crippen LogP contribution in [-0.2, 0) is 25.4 Å². The van der Waals surface area contributed by atoms with Crippen LogP contribution < -0.4 is 0 Å². The SMILES string of the molecule is O=C(c1cc(C(F)(F)F)cc(C(F)(F)F)c1)N(Cc1cccn1Cc1ccccc1)C1CC1. The number of carbonyl (C=O) groups excluding carboxylic acids is 1. The van der Waals surface area contributed by atoms with Gasteiger partial charge in [-0.1, -0.05) is 30.3 Å². The van der Waals surface area contributed by atoms with Crippen LogP contribution in [0.5, 0.6) is 0 Å². The third-order valence-electron chi connectivity index (χ3n) is 5.53. The van der Waals surface area contributed by atoms with Gasteiger partial charge in [0.15, 0.2) is 0 Å². The molecule has 9 heteroatoms. The lowest BCUT2D eigenvalue weighted by Crippen LogP contribution is -2.34. The summed E-state index contributed by atoms with van der Waals surface area (Å²) in [6.45, 7) is 0.610. The first kappa shape index (κ1) is 22.9. The summed E-state index contributed by atoms with van der Waals surface area (Å²) >= 11 is 0. The van der Waals surface area contributed by atoms with Crippen molar-refractivity contribution in [3.8, 4) is 0 Å². The van der Waals surface area contributed by atoms with Gasteiger partial charge in [0.1, 0.15) is 0 Å². The van der Waals surface area contributed by atoms with Crippen molar-refractivity contribution in [3.63, 3.8) is 0 Å². The number of benzene rings is 2. The van der Waals surface area contributed by atoms with Crippen LogP contribution >= 0.6 is 0 Å². The number of hydrogen-bond donors (Lipinski definition) is 0. The Balaban J connectivity index is 1.64. The first-order chi connectivity index (χ1) is 15.5. The zero-order chi connectivity index (χ0) is 23.8. The van der Waals surface area contributed by atoms with Gasteiger partial charge in [0, 0.05) is 30.0 Å². The van der Waals surface area contributed by atoms with E-state index in [9.17, 15) is 31.1 Å². The Morgan fingerprint density at radius 3 is 2.03 bits per heavy atom. The van der Waals surface area contributed by atoms with Gasteiger partial charge in [-0.2, -0.15) is 26.3 Å². The number of aromatic nitrogens is 1. The molecular formula is C24H20F6N2O. The van der Waals surface area contributed by atoms with Crippen LogP contribution in [0.25, 0.3) is 0 Å². The molecule has 4 rings (SSSR count). The summed E-state index contributed by atoms with van der Waals surface area (Å²) in [5.74, 6) is -0.846. The molecule has 1 saturated carbocycles. The molecule has 33 heavy (non-hydrogen) atoms. The van der Waals surface area contributed by atoms with E-state index in [1.54, 1.807) is 12.1 Å². The molecule has 0 aliphatic heterocycles. The van der Waals surface area contributed by atoms with Crippen LogP contribution in [0, 0.1) is 0 Å². The second-order valence-electron chi connectivity index (χ2n) is 8.07. The van der Waals surface area contributed by atoms with Gasteiger partial charge < -0.3 is 9.47 Å². The molecule has 174 valence electrons. The van der Waals surface area contributed by atoms with E-state index in [0.717, 1.165) is 11.3 Å². The molecule has 0 saturated heterocycles. The highest BCUT2D eigenvalue weighted by atomic mass is 19.4. The van der Waals surface area contributed by atoms with Crippen molar-refractivity contribution >= 4 is 5.91 Å². The number of carbonyl (C=O) groups is 1. The molecule has 0 unspecified atom stereocenters. The number of rotatable bonds is 6. The molecular weight excluding hydrogens is 446 g/mol. The summed E-state index contributed by atoms with van der Waals surface area (Å²) in [6, 6.07) is 13.9. The second-order valence-corrected chi connectivity index (χ2v) is 8.07. The predicted molar refractivity (Wildman–Crippen MR) is 109 cm³/mol. The summed E-state index contributed by atoms with van der Waals surface area (Å²) in [7, 11) is 0. The quantitative estimate of drug-likeness (QED) is 0.387. The van der Waals surface area contributed by atoms with E-state index in [-0.39, 0.29) is 18.7 Å². The molecule has 1 amide bonds. The molecule has 1 aliphatic rings. The van der Waals surface area contributed by atoms with Gasteiger partial charge in [0.2, 0.25) is 0 Å². The van der Waals surface area contributed by atoms with Crippen molar-refractivity contribution in [3.05, 3.63) is 94.8 Å². The summed E-state index contributed by atoms with van der Waals surface area (Å²) in [5, 5.41) is 0. The maximum atomic E-state index is 13.2. The molecule has 3 nitrogen and oxygen atoms in total. The smallest absolute Gasteiger partial charge is 0.345 e. The van der Waals surface area contributed by atoms with E-state index in [2.05, 4.69) is 0 Å². The summed E-state index contributed by atoms with van der Waals surface area (Å²) in [5.41, 5.74) is -1.85. The molecule has 2 aromatic carbocycles. The van der Waals surface area contributed by atoms with Crippen molar-refractivity contribution in [2.75, 3.05) is 0 Å². The third-order valence-corrected chi connectivity index (χ3v) is 5.53. The molecule has 0 N–H and O–H groups in total. The van der Waals surface area contributed by atoms with Gasteiger partial charge in [0.25, 0.3) is 5.91 Å². The summed E-state index contributed by atoms with van der Waals surface area (Å²) < 4.78 is 81.4. The topological polar surface area (TPSA) is 25.2 Å². The molecule has 1 fully saturated rings. The lowest BCUT2D eigenvalue weighted by Gasteiger charge is -2.24. The molecule has 0 bridgehead atoms. The molecule has 3 aromatic rings. The fourth-order valence-electron chi connectivity index (χ4n) is 3.70. The molecule has 0 radical (unpaired) electrons. The van der Waals surface area contributed by atoms with Gasteiger partial charge in [-0.15, -0.1) is 0 Å². The second kappa shape index (κ2) is 8.61.